The molecule has 0 aliphatic rings. The first-order chi connectivity index (χ1) is 15.8. The van der Waals surface area contributed by atoms with Crippen LogP contribution < -0.4 is 10.1 Å². The Morgan fingerprint density at radius 2 is 1.73 bits per heavy atom. The molecule has 0 unspecified atom stereocenters. The van der Waals surface area contributed by atoms with Crippen molar-refractivity contribution in [1.82, 2.24) is 14.5 Å². The van der Waals surface area contributed by atoms with E-state index in [1.54, 1.807) is 37.3 Å². The lowest BCUT2D eigenvalue weighted by atomic mass is 10.1. The molecule has 2 aromatic carbocycles. The first-order valence-corrected chi connectivity index (χ1v) is 9.99. The van der Waals surface area contributed by atoms with Gasteiger partial charge in [-0.05, 0) is 55.0 Å². The maximum atomic E-state index is 12.8. The van der Waals surface area contributed by atoms with Crippen LogP contribution in [0.4, 0.5) is 18.9 Å². The topological polar surface area (TPSA) is 69.0 Å². The molecule has 2 heterocycles. The van der Waals surface area contributed by atoms with Crippen LogP contribution in [0.5, 0.6) is 11.6 Å². The summed E-state index contributed by atoms with van der Waals surface area (Å²) in [4.78, 5) is 20.9. The Balaban J connectivity index is 1.39. The van der Waals surface area contributed by atoms with Crippen molar-refractivity contribution in [1.29, 1.82) is 0 Å². The summed E-state index contributed by atoms with van der Waals surface area (Å²) in [6.07, 6.45) is -0.900. The molecular weight excluding hydrogens is 433 g/mol. The molecule has 6 nitrogen and oxygen atoms in total. The highest BCUT2D eigenvalue weighted by atomic mass is 19.4. The second kappa shape index (κ2) is 9.15. The SMILES string of the molecule is Cc1nc(Oc2ccc(NC(=O)Cc3cccc(C(F)(F)F)c3)cc2)cc(-n2cccc2)n1. The summed E-state index contributed by atoms with van der Waals surface area (Å²) in [5.41, 5.74) is -0.0136. The van der Waals surface area contributed by atoms with Crippen molar-refractivity contribution in [2.45, 2.75) is 19.5 Å². The number of halogens is 3. The Labute approximate surface area is 187 Å². The number of nitrogens with one attached hydrogen (secondary N) is 1. The molecule has 0 spiro atoms. The normalized spacial score (nSPS) is 11.3. The minimum atomic E-state index is -4.45. The Hall–Kier alpha value is -4.14. The summed E-state index contributed by atoms with van der Waals surface area (Å²) >= 11 is 0. The third-order valence-electron chi connectivity index (χ3n) is 4.65. The van der Waals surface area contributed by atoms with E-state index in [-0.39, 0.29) is 12.0 Å². The number of hydrogen-bond acceptors (Lipinski definition) is 4. The number of carbonyl (C=O) groups is 1. The number of anilines is 1. The van der Waals surface area contributed by atoms with E-state index >= 15 is 0 Å². The molecule has 1 amide bonds. The van der Waals surface area contributed by atoms with Gasteiger partial charge in [0.25, 0.3) is 0 Å². The van der Waals surface area contributed by atoms with Gasteiger partial charge in [0.1, 0.15) is 17.4 Å². The van der Waals surface area contributed by atoms with Crippen LogP contribution in [0.2, 0.25) is 0 Å². The third-order valence-corrected chi connectivity index (χ3v) is 4.65. The number of aryl methyl sites for hydroxylation is 1. The number of hydrogen-bond donors (Lipinski definition) is 1. The Morgan fingerprint density at radius 1 is 1.00 bits per heavy atom. The Kier molecular flexibility index (Phi) is 6.12. The van der Waals surface area contributed by atoms with Crippen molar-refractivity contribution in [3.8, 4) is 17.4 Å². The lowest BCUT2D eigenvalue weighted by Crippen LogP contribution is -2.15. The number of alkyl halides is 3. The second-order valence-electron chi connectivity index (χ2n) is 7.25. The predicted octanol–water partition coefficient (Wildman–Crippen LogP) is 5.57. The van der Waals surface area contributed by atoms with Crippen molar-refractivity contribution in [2.75, 3.05) is 5.32 Å². The average molecular weight is 452 g/mol. The first-order valence-electron chi connectivity index (χ1n) is 9.99. The van der Waals surface area contributed by atoms with Crippen molar-refractivity contribution in [3.63, 3.8) is 0 Å². The van der Waals surface area contributed by atoms with Crippen molar-refractivity contribution in [3.05, 3.63) is 96.1 Å². The van der Waals surface area contributed by atoms with Gasteiger partial charge in [0.2, 0.25) is 11.8 Å². The van der Waals surface area contributed by atoms with Gasteiger partial charge in [-0.15, -0.1) is 0 Å². The fourth-order valence-electron chi connectivity index (χ4n) is 3.17. The van der Waals surface area contributed by atoms with Crippen LogP contribution in [0.25, 0.3) is 5.82 Å². The molecule has 4 aromatic rings. The van der Waals surface area contributed by atoms with Crippen LogP contribution in [0.3, 0.4) is 0 Å². The van der Waals surface area contributed by atoms with E-state index in [9.17, 15) is 18.0 Å². The third kappa shape index (κ3) is 5.76. The van der Waals surface area contributed by atoms with Gasteiger partial charge in [-0.1, -0.05) is 18.2 Å². The molecule has 0 saturated heterocycles. The summed E-state index contributed by atoms with van der Waals surface area (Å²) in [5, 5.41) is 2.67. The van der Waals surface area contributed by atoms with Gasteiger partial charge in [-0.25, -0.2) is 4.98 Å². The Bertz CT molecular complexity index is 1250. The molecule has 0 atom stereocenters. The minimum absolute atomic E-state index is 0.176. The number of carbonyl (C=O) groups excluding carboxylic acids is 1. The zero-order valence-electron chi connectivity index (χ0n) is 17.5. The Morgan fingerprint density at radius 3 is 2.42 bits per heavy atom. The van der Waals surface area contributed by atoms with Crippen LogP contribution in [0.1, 0.15) is 17.0 Å². The smallest absolute Gasteiger partial charge is 0.416 e. The van der Waals surface area contributed by atoms with Crippen molar-refractivity contribution in [2.24, 2.45) is 0 Å². The molecule has 1 N–H and O–H groups in total. The van der Waals surface area contributed by atoms with E-state index in [2.05, 4.69) is 15.3 Å². The molecule has 33 heavy (non-hydrogen) atoms. The molecule has 0 saturated carbocycles. The number of aromatic nitrogens is 3. The minimum Gasteiger partial charge on any atom is -0.439 e. The van der Waals surface area contributed by atoms with E-state index in [1.165, 1.54) is 12.1 Å². The van der Waals surface area contributed by atoms with Gasteiger partial charge in [0, 0.05) is 24.1 Å². The molecule has 0 fully saturated rings. The highest BCUT2D eigenvalue weighted by molar-refractivity contribution is 5.92. The fourth-order valence-corrected chi connectivity index (χ4v) is 3.17. The average Bonchev–Trinajstić information content (AvgIpc) is 3.29. The van der Waals surface area contributed by atoms with Crippen LogP contribution in [-0.4, -0.2) is 20.4 Å². The van der Waals surface area contributed by atoms with Gasteiger partial charge in [-0.3, -0.25) is 4.79 Å². The number of amides is 1. The van der Waals surface area contributed by atoms with Gasteiger partial charge in [-0.2, -0.15) is 18.2 Å². The van der Waals surface area contributed by atoms with Gasteiger partial charge in [0.15, 0.2) is 0 Å². The lowest BCUT2D eigenvalue weighted by molar-refractivity contribution is -0.137. The monoisotopic (exact) mass is 452 g/mol. The highest BCUT2D eigenvalue weighted by Gasteiger charge is 2.30. The summed E-state index contributed by atoms with van der Waals surface area (Å²) in [6.45, 7) is 1.77. The summed E-state index contributed by atoms with van der Waals surface area (Å²) in [5.74, 6) is 1.66. The van der Waals surface area contributed by atoms with Crippen molar-refractivity contribution >= 4 is 11.6 Å². The van der Waals surface area contributed by atoms with E-state index in [0.29, 0.717) is 29.0 Å². The summed E-state index contributed by atoms with van der Waals surface area (Å²) in [7, 11) is 0. The predicted molar refractivity (Wildman–Crippen MR) is 116 cm³/mol. The van der Waals surface area contributed by atoms with Crippen LogP contribution in [0.15, 0.2) is 79.1 Å². The maximum Gasteiger partial charge on any atom is 0.416 e. The molecule has 0 bridgehead atoms. The fraction of sp³-hybridized carbons (Fsp3) is 0.125. The molecule has 0 aliphatic carbocycles. The van der Waals surface area contributed by atoms with Crippen LogP contribution >= 0.6 is 0 Å². The van der Waals surface area contributed by atoms with Crippen molar-refractivity contribution < 1.29 is 22.7 Å². The molecule has 0 aliphatic heterocycles. The molecular formula is C24H19F3N4O2. The van der Waals surface area contributed by atoms with Gasteiger partial charge in [0.05, 0.1) is 12.0 Å². The molecule has 9 heteroatoms. The molecule has 4 rings (SSSR count). The van der Waals surface area contributed by atoms with Crippen LogP contribution in [0, 0.1) is 6.92 Å². The number of ether oxygens (including phenoxy) is 1. The summed E-state index contributed by atoms with van der Waals surface area (Å²) in [6, 6.07) is 16.8. The standard InChI is InChI=1S/C24H19F3N4O2/c1-16-28-21(31-11-2-3-12-31)15-23(29-16)33-20-9-7-19(8-10-20)30-22(32)14-17-5-4-6-18(13-17)24(25,26)27/h2-13,15H,14H2,1H3,(H,30,32). The number of nitrogens with zero attached hydrogens (tertiary/aromatic N) is 3. The molecule has 168 valence electrons. The number of rotatable bonds is 6. The number of benzene rings is 2. The molecule has 0 radical (unpaired) electrons. The lowest BCUT2D eigenvalue weighted by Gasteiger charge is -2.10. The highest BCUT2D eigenvalue weighted by Crippen LogP contribution is 2.29. The van der Waals surface area contributed by atoms with Gasteiger partial charge >= 0.3 is 6.18 Å². The van der Waals surface area contributed by atoms with E-state index in [0.717, 1.165) is 12.1 Å². The summed E-state index contributed by atoms with van der Waals surface area (Å²) < 4.78 is 46.2. The largest absolute Gasteiger partial charge is 0.439 e. The van der Waals surface area contributed by atoms with Gasteiger partial charge < -0.3 is 14.6 Å². The zero-order chi connectivity index (χ0) is 23.4. The van der Waals surface area contributed by atoms with Crippen LogP contribution in [-0.2, 0) is 17.4 Å². The maximum absolute atomic E-state index is 12.8. The molecule has 2 aromatic heterocycles. The quantitative estimate of drug-likeness (QED) is 0.415. The second-order valence-corrected chi connectivity index (χ2v) is 7.25. The van der Waals surface area contributed by atoms with E-state index < -0.39 is 17.6 Å². The zero-order valence-corrected chi connectivity index (χ0v) is 17.5. The van der Waals surface area contributed by atoms with E-state index in [4.69, 9.17) is 4.74 Å². The van der Waals surface area contributed by atoms with E-state index in [1.807, 2.05) is 29.1 Å². The first kappa shape index (κ1) is 22.1.